The Morgan fingerprint density at radius 3 is 2.20 bits per heavy atom. The Morgan fingerprint density at radius 2 is 1.55 bits per heavy atom. The van der Waals surface area contributed by atoms with Crippen LogP contribution in [0.2, 0.25) is 5.31 Å². The lowest BCUT2D eigenvalue weighted by atomic mass is 9.41. The van der Waals surface area contributed by atoms with Crippen molar-refractivity contribution in [1.82, 2.24) is 0 Å². The second-order valence-corrected chi connectivity index (χ2v) is 8.62. The van der Waals surface area contributed by atoms with Crippen LogP contribution in [-0.4, -0.2) is 19.4 Å². The molecule has 6 fully saturated rings. The van der Waals surface area contributed by atoms with Crippen LogP contribution in [0, 0.1) is 17.8 Å². The molecular formula is C16H25BO3. The Bertz CT molecular complexity index is 415. The summed E-state index contributed by atoms with van der Waals surface area (Å²) < 4.78 is 6.65. The second-order valence-electron chi connectivity index (χ2n) is 8.62. The minimum atomic E-state index is -0.394. The summed E-state index contributed by atoms with van der Waals surface area (Å²) in [4.78, 5) is 11.9. The highest BCUT2D eigenvalue weighted by atomic mass is 17.3. The van der Waals surface area contributed by atoms with E-state index >= 15 is 0 Å². The zero-order chi connectivity index (χ0) is 13.4. The summed E-state index contributed by atoms with van der Waals surface area (Å²) in [7, 11) is 2.48. The molecule has 2 spiro atoms. The summed E-state index contributed by atoms with van der Waals surface area (Å²) in [5.41, 5.74) is 0. The molecule has 4 bridgehead atoms. The predicted molar refractivity (Wildman–Crippen MR) is 76.6 cm³/mol. The van der Waals surface area contributed by atoms with Crippen molar-refractivity contribution in [2.45, 2.75) is 81.1 Å². The molecule has 0 aromatic carbocycles. The van der Waals surface area contributed by atoms with Gasteiger partial charge in [-0.15, -0.1) is 0 Å². The van der Waals surface area contributed by atoms with Crippen LogP contribution >= 0.6 is 0 Å². The van der Waals surface area contributed by atoms with Crippen molar-refractivity contribution in [2.75, 3.05) is 0 Å². The normalized spacial score (nSPS) is 55.9. The quantitative estimate of drug-likeness (QED) is 0.503. The fraction of sp³-hybridized carbons (Fsp3) is 1.00. The van der Waals surface area contributed by atoms with Crippen LogP contribution in [0.15, 0.2) is 0 Å². The number of rotatable bonds is 0. The van der Waals surface area contributed by atoms with Gasteiger partial charge in [-0.3, -0.25) is 0 Å². The number of hydrogen-bond donors (Lipinski definition) is 0. The van der Waals surface area contributed by atoms with E-state index in [1.165, 1.54) is 51.4 Å². The van der Waals surface area contributed by atoms with E-state index in [9.17, 15) is 0 Å². The Kier molecular flexibility index (Phi) is 2.39. The summed E-state index contributed by atoms with van der Waals surface area (Å²) in [6.45, 7) is 0. The van der Waals surface area contributed by atoms with Gasteiger partial charge in [0.05, 0.1) is 0 Å². The lowest BCUT2D eigenvalue weighted by Gasteiger charge is -2.61. The molecule has 1 heterocycles. The van der Waals surface area contributed by atoms with Gasteiger partial charge in [-0.05, 0) is 44.4 Å². The molecular weight excluding hydrogens is 251 g/mol. The Morgan fingerprint density at radius 1 is 0.850 bits per heavy atom. The molecule has 2 unspecified atom stereocenters. The number of ether oxygens (including phenoxy) is 1. The van der Waals surface area contributed by atoms with Crippen LogP contribution < -0.4 is 0 Å². The summed E-state index contributed by atoms with van der Waals surface area (Å²) in [5, 5.41) is 0.552. The predicted octanol–water partition coefficient (Wildman–Crippen LogP) is 2.95. The molecule has 2 atom stereocenters. The molecule has 20 heavy (non-hydrogen) atoms. The monoisotopic (exact) mass is 276 g/mol. The van der Waals surface area contributed by atoms with Gasteiger partial charge in [0.25, 0.3) is 0 Å². The third-order valence-electron chi connectivity index (χ3n) is 6.92. The van der Waals surface area contributed by atoms with Gasteiger partial charge in [-0.1, -0.05) is 18.2 Å². The zero-order valence-corrected chi connectivity index (χ0v) is 12.5. The third kappa shape index (κ3) is 1.53. The van der Waals surface area contributed by atoms with E-state index in [1.807, 2.05) is 0 Å². The largest absolute Gasteiger partial charge is 0.312 e. The molecule has 0 N–H and O–H groups in total. The maximum atomic E-state index is 6.65. The summed E-state index contributed by atoms with van der Waals surface area (Å²) in [6, 6.07) is 0. The third-order valence-corrected chi connectivity index (χ3v) is 6.92. The first-order chi connectivity index (χ1) is 9.62. The van der Waals surface area contributed by atoms with Crippen molar-refractivity contribution in [3.8, 4) is 0 Å². The minimum Gasteiger partial charge on any atom is -0.312 e. The molecule has 0 radical (unpaired) electrons. The average Bonchev–Trinajstić information content (AvgIpc) is 2.76. The summed E-state index contributed by atoms with van der Waals surface area (Å²) in [5.74, 6) is 1.28. The molecule has 0 aromatic heterocycles. The van der Waals surface area contributed by atoms with Crippen molar-refractivity contribution in [3.63, 3.8) is 0 Å². The molecule has 6 aliphatic rings. The van der Waals surface area contributed by atoms with Crippen molar-refractivity contribution in [3.05, 3.63) is 0 Å². The first kappa shape index (κ1) is 12.5. The molecule has 1 aliphatic heterocycles. The van der Waals surface area contributed by atoms with E-state index in [4.69, 9.17) is 14.5 Å². The van der Waals surface area contributed by atoms with Crippen molar-refractivity contribution >= 4 is 7.85 Å². The van der Waals surface area contributed by atoms with E-state index in [0.717, 1.165) is 18.8 Å². The van der Waals surface area contributed by atoms with Gasteiger partial charge in [0.1, 0.15) is 7.85 Å². The molecule has 5 saturated carbocycles. The van der Waals surface area contributed by atoms with Crippen LogP contribution in [-0.2, 0) is 14.5 Å². The SMILES string of the molecule is BC12CC3CC(C1)C1(OOC4(CCCCC4)O1)C(C3)C2. The van der Waals surface area contributed by atoms with Gasteiger partial charge < -0.3 is 4.74 Å². The number of hydrogen-bond acceptors (Lipinski definition) is 3. The lowest BCUT2D eigenvalue weighted by Crippen LogP contribution is -2.60. The van der Waals surface area contributed by atoms with Crippen LogP contribution in [0.1, 0.15) is 64.2 Å². The molecule has 4 heteroatoms. The van der Waals surface area contributed by atoms with Crippen LogP contribution in [0.4, 0.5) is 0 Å². The highest BCUT2D eigenvalue weighted by Gasteiger charge is 2.68. The van der Waals surface area contributed by atoms with E-state index in [0.29, 0.717) is 17.2 Å². The second kappa shape index (κ2) is 3.82. The molecule has 6 rings (SSSR count). The highest BCUT2D eigenvalue weighted by molar-refractivity contribution is 6.15. The van der Waals surface area contributed by atoms with Gasteiger partial charge >= 0.3 is 0 Å². The Labute approximate surface area is 122 Å². The van der Waals surface area contributed by atoms with Gasteiger partial charge in [0, 0.05) is 24.7 Å². The molecule has 0 aromatic rings. The van der Waals surface area contributed by atoms with Crippen molar-refractivity contribution in [2.24, 2.45) is 17.8 Å². The fourth-order valence-electron chi connectivity index (χ4n) is 6.36. The summed E-state index contributed by atoms with van der Waals surface area (Å²) >= 11 is 0. The van der Waals surface area contributed by atoms with Crippen molar-refractivity contribution in [1.29, 1.82) is 0 Å². The minimum absolute atomic E-state index is 0.381. The van der Waals surface area contributed by atoms with Crippen LogP contribution in [0.25, 0.3) is 0 Å². The first-order valence-corrected chi connectivity index (χ1v) is 8.69. The molecule has 3 nitrogen and oxygen atoms in total. The molecule has 1 saturated heterocycles. The van der Waals surface area contributed by atoms with E-state index in [-0.39, 0.29) is 5.79 Å². The maximum absolute atomic E-state index is 6.65. The zero-order valence-electron chi connectivity index (χ0n) is 12.5. The Balaban J connectivity index is 1.47. The van der Waals surface area contributed by atoms with Crippen LogP contribution in [0.3, 0.4) is 0 Å². The van der Waals surface area contributed by atoms with E-state index < -0.39 is 5.79 Å². The average molecular weight is 276 g/mol. The first-order valence-electron chi connectivity index (χ1n) is 8.69. The molecule has 110 valence electrons. The smallest absolute Gasteiger partial charge is 0.210 e. The standard InChI is InChI=1S/C16H25BO3/c17-14-8-11-6-12(9-14)16(13(7-11)10-14)18-15(19-20-16)4-2-1-3-5-15/h11-13H,1-10,17H2. The van der Waals surface area contributed by atoms with Gasteiger partial charge in [-0.25, -0.2) is 0 Å². The van der Waals surface area contributed by atoms with Gasteiger partial charge in [0.2, 0.25) is 11.6 Å². The van der Waals surface area contributed by atoms with Crippen LogP contribution in [0.5, 0.6) is 0 Å². The molecule has 0 amide bonds. The van der Waals surface area contributed by atoms with Gasteiger partial charge in [-0.2, -0.15) is 9.78 Å². The van der Waals surface area contributed by atoms with Gasteiger partial charge in [0.15, 0.2) is 0 Å². The molecule has 5 aliphatic carbocycles. The maximum Gasteiger partial charge on any atom is 0.210 e. The lowest BCUT2D eigenvalue weighted by molar-refractivity contribution is -0.389. The highest BCUT2D eigenvalue weighted by Crippen LogP contribution is 2.69. The van der Waals surface area contributed by atoms with E-state index in [1.54, 1.807) is 0 Å². The summed E-state index contributed by atoms with van der Waals surface area (Å²) in [6.07, 6.45) is 12.4. The van der Waals surface area contributed by atoms with Crippen molar-refractivity contribution < 1.29 is 14.5 Å². The topological polar surface area (TPSA) is 27.7 Å². The fourth-order valence-corrected chi connectivity index (χ4v) is 6.36. The van der Waals surface area contributed by atoms with E-state index in [2.05, 4.69) is 7.85 Å². The Hall–Kier alpha value is -0.0551.